The van der Waals surface area contributed by atoms with Gasteiger partial charge >= 0.3 is 0 Å². The summed E-state index contributed by atoms with van der Waals surface area (Å²) in [5.74, 6) is 2.76. The van der Waals surface area contributed by atoms with E-state index in [2.05, 4.69) is 53.5 Å². The lowest BCUT2D eigenvalue weighted by Gasteiger charge is -2.12. The Morgan fingerprint density at radius 2 is 2.26 bits per heavy atom. The minimum atomic E-state index is 0. The van der Waals surface area contributed by atoms with Crippen LogP contribution in [0, 0.1) is 0 Å². The van der Waals surface area contributed by atoms with Crippen LogP contribution < -0.4 is 10.6 Å². The number of hydrogen-bond donors (Lipinski definition) is 2. The van der Waals surface area contributed by atoms with Gasteiger partial charge in [0.25, 0.3) is 0 Å². The number of thiazole rings is 1. The lowest BCUT2D eigenvalue weighted by atomic mass is 10.2. The van der Waals surface area contributed by atoms with Crippen molar-refractivity contribution in [2.45, 2.75) is 51.2 Å². The van der Waals surface area contributed by atoms with Crippen molar-refractivity contribution in [2.75, 3.05) is 25.4 Å². The highest BCUT2D eigenvalue weighted by Gasteiger charge is 2.15. The summed E-state index contributed by atoms with van der Waals surface area (Å²) in [5.41, 5.74) is 1.18. The quantitative estimate of drug-likeness (QED) is 0.362. The highest BCUT2D eigenvalue weighted by Crippen LogP contribution is 2.26. The van der Waals surface area contributed by atoms with E-state index in [0.29, 0.717) is 11.2 Å². The molecule has 1 aromatic heterocycles. The molecule has 0 aromatic carbocycles. The van der Waals surface area contributed by atoms with Gasteiger partial charge in [-0.3, -0.25) is 4.99 Å². The van der Waals surface area contributed by atoms with Gasteiger partial charge in [-0.25, -0.2) is 4.98 Å². The van der Waals surface area contributed by atoms with Crippen molar-refractivity contribution < 1.29 is 0 Å². The van der Waals surface area contributed by atoms with E-state index < -0.39 is 0 Å². The van der Waals surface area contributed by atoms with Gasteiger partial charge in [-0.2, -0.15) is 11.8 Å². The van der Waals surface area contributed by atoms with E-state index >= 15 is 0 Å². The molecule has 2 N–H and O–H groups in total. The van der Waals surface area contributed by atoms with Crippen LogP contribution in [-0.2, 0) is 6.42 Å². The van der Waals surface area contributed by atoms with Crippen molar-refractivity contribution in [1.29, 1.82) is 0 Å². The summed E-state index contributed by atoms with van der Waals surface area (Å²) >= 11 is 3.82. The zero-order valence-electron chi connectivity index (χ0n) is 14.3. The smallest absolute Gasteiger partial charge is 0.191 e. The van der Waals surface area contributed by atoms with E-state index in [0.717, 1.165) is 32.0 Å². The van der Waals surface area contributed by atoms with Crippen LogP contribution in [0.1, 0.15) is 50.2 Å². The van der Waals surface area contributed by atoms with E-state index in [9.17, 15) is 0 Å². The van der Waals surface area contributed by atoms with Crippen molar-refractivity contribution in [3.05, 3.63) is 16.1 Å². The molecule has 1 unspecified atom stereocenters. The van der Waals surface area contributed by atoms with Gasteiger partial charge in [0, 0.05) is 36.1 Å². The van der Waals surface area contributed by atoms with Crippen LogP contribution in [-0.4, -0.2) is 41.6 Å². The molecule has 2 rings (SSSR count). The average Bonchev–Trinajstić information content (AvgIpc) is 3.16. The third kappa shape index (κ3) is 7.60. The number of nitrogens with one attached hydrogen (secondary N) is 2. The van der Waals surface area contributed by atoms with Gasteiger partial charge < -0.3 is 10.6 Å². The maximum Gasteiger partial charge on any atom is 0.191 e. The number of nitrogens with zero attached hydrogens (tertiary/aromatic N) is 2. The normalized spacial score (nSPS) is 18.1. The van der Waals surface area contributed by atoms with Gasteiger partial charge in [0.1, 0.15) is 0 Å². The maximum absolute atomic E-state index is 4.72. The summed E-state index contributed by atoms with van der Waals surface area (Å²) < 4.78 is 0. The van der Waals surface area contributed by atoms with E-state index in [-0.39, 0.29) is 24.0 Å². The van der Waals surface area contributed by atoms with Crippen molar-refractivity contribution >= 4 is 53.0 Å². The number of thioether (sulfide) groups is 1. The molecule has 4 nitrogen and oxygen atoms in total. The fourth-order valence-corrected chi connectivity index (χ4v) is 4.38. The molecule has 23 heavy (non-hydrogen) atoms. The summed E-state index contributed by atoms with van der Waals surface area (Å²) in [6, 6.07) is 0. The Labute approximate surface area is 165 Å². The second-order valence-corrected chi connectivity index (χ2v) is 8.16. The SMILES string of the molecule is CCNC(=NCC1CCCS1)NCCc1csc(C(C)C)n1.I. The summed E-state index contributed by atoms with van der Waals surface area (Å²) in [6.07, 6.45) is 3.60. The van der Waals surface area contributed by atoms with Gasteiger partial charge in [-0.1, -0.05) is 13.8 Å². The zero-order chi connectivity index (χ0) is 15.8. The maximum atomic E-state index is 4.72. The third-order valence-electron chi connectivity index (χ3n) is 3.56. The first kappa shape index (κ1) is 21.0. The molecule has 0 amide bonds. The predicted octanol–water partition coefficient (Wildman–Crippen LogP) is 3.88. The highest BCUT2D eigenvalue weighted by molar-refractivity contribution is 14.0. The molecule has 0 bridgehead atoms. The van der Waals surface area contributed by atoms with E-state index in [1.807, 2.05) is 0 Å². The molecule has 1 atom stereocenters. The number of rotatable bonds is 7. The summed E-state index contributed by atoms with van der Waals surface area (Å²) in [7, 11) is 0. The molecule has 0 aliphatic carbocycles. The van der Waals surface area contributed by atoms with Crippen LogP contribution in [0.15, 0.2) is 10.4 Å². The van der Waals surface area contributed by atoms with Gasteiger partial charge in [-0.15, -0.1) is 35.3 Å². The molecule has 0 spiro atoms. The van der Waals surface area contributed by atoms with Crippen LogP contribution in [0.3, 0.4) is 0 Å². The Morgan fingerprint density at radius 3 is 2.87 bits per heavy atom. The lowest BCUT2D eigenvalue weighted by molar-refractivity contribution is 0.755. The molecule has 1 aliphatic heterocycles. The molecule has 1 fully saturated rings. The molecule has 132 valence electrons. The molecule has 1 saturated heterocycles. The summed E-state index contributed by atoms with van der Waals surface area (Å²) in [6.45, 7) is 9.20. The van der Waals surface area contributed by atoms with Crippen LogP contribution in [0.2, 0.25) is 0 Å². The zero-order valence-corrected chi connectivity index (χ0v) is 18.3. The average molecular weight is 468 g/mol. The number of hydrogen-bond acceptors (Lipinski definition) is 4. The second-order valence-electron chi connectivity index (χ2n) is 5.86. The van der Waals surface area contributed by atoms with Crippen molar-refractivity contribution in [1.82, 2.24) is 15.6 Å². The Hall–Kier alpha value is -0.0200. The van der Waals surface area contributed by atoms with E-state index in [1.165, 1.54) is 29.3 Å². The molecule has 1 aromatic rings. The van der Waals surface area contributed by atoms with Crippen molar-refractivity contribution in [2.24, 2.45) is 4.99 Å². The number of halogens is 1. The number of aliphatic imine (C=N–C) groups is 1. The van der Waals surface area contributed by atoms with Gasteiger partial charge in [0.05, 0.1) is 17.2 Å². The molecular formula is C16H29IN4S2. The Balaban J connectivity index is 0.00000264. The molecule has 0 saturated carbocycles. The fourth-order valence-electron chi connectivity index (χ4n) is 2.33. The predicted molar refractivity (Wildman–Crippen MR) is 115 cm³/mol. The van der Waals surface area contributed by atoms with Crippen molar-refractivity contribution in [3.8, 4) is 0 Å². The molecule has 2 heterocycles. The molecule has 1 aliphatic rings. The van der Waals surface area contributed by atoms with Crippen LogP contribution in [0.5, 0.6) is 0 Å². The van der Waals surface area contributed by atoms with Crippen LogP contribution >= 0.6 is 47.1 Å². The molecule has 7 heteroatoms. The molecular weight excluding hydrogens is 439 g/mol. The van der Waals surface area contributed by atoms with Gasteiger partial charge in [0.15, 0.2) is 5.96 Å². The second kappa shape index (κ2) is 11.5. The summed E-state index contributed by atoms with van der Waals surface area (Å²) in [5, 5.41) is 10.9. The standard InChI is InChI=1S/C16H28N4S2.HI/c1-4-17-16(19-10-14-6-5-9-21-14)18-8-7-13-11-22-15(20-13)12(2)3;/h11-12,14H,4-10H2,1-3H3,(H2,17,18,19);1H. The first-order valence-corrected chi connectivity index (χ1v) is 10.2. The van der Waals surface area contributed by atoms with Gasteiger partial charge in [0.2, 0.25) is 0 Å². The topological polar surface area (TPSA) is 49.3 Å². The lowest BCUT2D eigenvalue weighted by Crippen LogP contribution is -2.38. The minimum absolute atomic E-state index is 0. The monoisotopic (exact) mass is 468 g/mol. The third-order valence-corrected chi connectivity index (χ3v) is 6.13. The van der Waals surface area contributed by atoms with Crippen molar-refractivity contribution in [3.63, 3.8) is 0 Å². The molecule has 0 radical (unpaired) electrons. The van der Waals surface area contributed by atoms with E-state index in [4.69, 9.17) is 4.99 Å². The highest BCUT2D eigenvalue weighted by atomic mass is 127. The summed E-state index contributed by atoms with van der Waals surface area (Å²) in [4.78, 5) is 9.39. The Kier molecular flexibility index (Phi) is 10.5. The number of aromatic nitrogens is 1. The number of guanidine groups is 1. The first-order valence-electron chi connectivity index (χ1n) is 8.27. The van der Waals surface area contributed by atoms with Crippen LogP contribution in [0.25, 0.3) is 0 Å². The Bertz CT molecular complexity index is 470. The van der Waals surface area contributed by atoms with E-state index in [1.54, 1.807) is 11.3 Å². The Morgan fingerprint density at radius 1 is 1.43 bits per heavy atom. The van der Waals surface area contributed by atoms with Gasteiger partial charge in [-0.05, 0) is 25.5 Å². The largest absolute Gasteiger partial charge is 0.357 e. The first-order chi connectivity index (χ1) is 10.7. The fraction of sp³-hybridized carbons (Fsp3) is 0.750. The minimum Gasteiger partial charge on any atom is -0.357 e. The van der Waals surface area contributed by atoms with Crippen LogP contribution in [0.4, 0.5) is 0 Å².